The Morgan fingerprint density at radius 3 is 2.21 bits per heavy atom. The minimum absolute atomic E-state index is 0.160. The van der Waals surface area contributed by atoms with Crippen LogP contribution in [0.2, 0.25) is 5.02 Å². The van der Waals surface area contributed by atoms with Gasteiger partial charge in [-0.15, -0.1) is 0 Å². The lowest BCUT2D eigenvalue weighted by atomic mass is 9.97. The fourth-order valence-corrected chi connectivity index (χ4v) is 4.12. The molecule has 0 fully saturated rings. The Morgan fingerprint density at radius 1 is 0.909 bits per heavy atom. The van der Waals surface area contributed by atoms with Crippen molar-refractivity contribution in [3.05, 3.63) is 99.5 Å². The van der Waals surface area contributed by atoms with E-state index < -0.39 is 17.6 Å². The van der Waals surface area contributed by atoms with E-state index in [2.05, 4.69) is 19.2 Å². The quantitative estimate of drug-likeness (QED) is 0.434. The molecule has 4 nitrogen and oxygen atoms in total. The van der Waals surface area contributed by atoms with Gasteiger partial charge in [-0.05, 0) is 66.8 Å². The summed E-state index contributed by atoms with van der Waals surface area (Å²) in [5.41, 5.74) is 5.10. The second-order valence-corrected chi connectivity index (χ2v) is 8.92. The number of aryl methyl sites for hydroxylation is 2. The van der Waals surface area contributed by atoms with Gasteiger partial charge in [-0.25, -0.2) is 9.29 Å². The molecule has 168 valence electrons. The summed E-state index contributed by atoms with van der Waals surface area (Å²) in [7, 11) is 0. The number of hydrogen-bond donors (Lipinski definition) is 1. The van der Waals surface area contributed by atoms with Crippen molar-refractivity contribution in [2.24, 2.45) is 0 Å². The van der Waals surface area contributed by atoms with Gasteiger partial charge in [0.1, 0.15) is 11.5 Å². The molecule has 0 unspecified atom stereocenters. The number of imide groups is 1. The number of amides is 2. The molecule has 6 heteroatoms. The van der Waals surface area contributed by atoms with Crippen molar-refractivity contribution in [1.29, 1.82) is 0 Å². The zero-order chi connectivity index (χ0) is 23.9. The molecule has 0 aliphatic carbocycles. The smallest absolute Gasteiger partial charge is 0.282 e. The van der Waals surface area contributed by atoms with E-state index in [1.807, 2.05) is 56.3 Å². The minimum Gasteiger partial charge on any atom is -0.350 e. The maximum Gasteiger partial charge on any atom is 0.282 e. The van der Waals surface area contributed by atoms with Crippen LogP contribution in [0.3, 0.4) is 0 Å². The average molecular weight is 463 g/mol. The fraction of sp³-hybridized carbons (Fsp3) is 0.185. The lowest BCUT2D eigenvalue weighted by Crippen LogP contribution is -2.32. The second kappa shape index (κ2) is 8.83. The number of carbonyl (C=O) groups excluding carboxylic acids is 2. The molecule has 1 heterocycles. The first-order valence-corrected chi connectivity index (χ1v) is 11.1. The fourth-order valence-electron chi connectivity index (χ4n) is 3.94. The standard InChI is InChI=1S/C27H24ClFN2O2/c1-15(2)18-6-8-19(9-7-18)30-25-24(21-11-5-16(3)13-17(21)4)26(32)31(27(25)33)20-10-12-23(29)22(28)14-20/h5-15,30H,1-4H3. The maximum atomic E-state index is 13.7. The molecule has 0 spiro atoms. The van der Waals surface area contributed by atoms with Crippen LogP contribution >= 0.6 is 11.6 Å². The van der Waals surface area contributed by atoms with E-state index in [-0.39, 0.29) is 22.0 Å². The van der Waals surface area contributed by atoms with Gasteiger partial charge in [0.2, 0.25) is 0 Å². The van der Waals surface area contributed by atoms with Gasteiger partial charge in [0.25, 0.3) is 11.8 Å². The Balaban J connectivity index is 1.82. The summed E-state index contributed by atoms with van der Waals surface area (Å²) in [6.45, 7) is 8.08. The van der Waals surface area contributed by atoms with Gasteiger partial charge in [-0.3, -0.25) is 9.59 Å². The molecule has 0 saturated heterocycles. The molecule has 4 rings (SSSR count). The van der Waals surface area contributed by atoms with Crippen LogP contribution in [0, 0.1) is 19.7 Å². The Hall–Kier alpha value is -3.44. The third kappa shape index (κ3) is 4.29. The number of hydrogen-bond acceptors (Lipinski definition) is 3. The number of halogens is 2. The Morgan fingerprint density at radius 2 is 1.61 bits per heavy atom. The topological polar surface area (TPSA) is 49.4 Å². The molecule has 0 aromatic heterocycles. The van der Waals surface area contributed by atoms with Crippen molar-refractivity contribution >= 4 is 40.4 Å². The van der Waals surface area contributed by atoms with Crippen LogP contribution in [0.1, 0.15) is 42.0 Å². The van der Waals surface area contributed by atoms with Crippen molar-refractivity contribution in [1.82, 2.24) is 0 Å². The van der Waals surface area contributed by atoms with Crippen LogP contribution < -0.4 is 10.2 Å². The molecular formula is C27H24ClFN2O2. The lowest BCUT2D eigenvalue weighted by molar-refractivity contribution is -0.120. The molecule has 33 heavy (non-hydrogen) atoms. The van der Waals surface area contributed by atoms with Crippen molar-refractivity contribution in [2.75, 3.05) is 10.2 Å². The number of benzene rings is 3. The first-order valence-electron chi connectivity index (χ1n) is 10.7. The van der Waals surface area contributed by atoms with Crippen molar-refractivity contribution in [2.45, 2.75) is 33.6 Å². The molecule has 0 radical (unpaired) electrons. The molecule has 1 aliphatic heterocycles. The molecule has 1 aliphatic rings. The molecule has 1 N–H and O–H groups in total. The molecule has 0 bridgehead atoms. The summed E-state index contributed by atoms with van der Waals surface area (Å²) < 4.78 is 13.7. The molecular weight excluding hydrogens is 439 g/mol. The normalized spacial score (nSPS) is 14.0. The predicted molar refractivity (Wildman–Crippen MR) is 131 cm³/mol. The number of nitrogens with zero attached hydrogens (tertiary/aromatic N) is 1. The van der Waals surface area contributed by atoms with E-state index in [0.29, 0.717) is 17.2 Å². The van der Waals surface area contributed by atoms with E-state index in [9.17, 15) is 14.0 Å². The minimum atomic E-state index is -0.620. The van der Waals surface area contributed by atoms with Crippen molar-refractivity contribution in [3.63, 3.8) is 0 Å². The summed E-state index contributed by atoms with van der Waals surface area (Å²) >= 11 is 5.94. The highest BCUT2D eigenvalue weighted by molar-refractivity contribution is 6.46. The summed E-state index contributed by atoms with van der Waals surface area (Å²) in [6, 6.07) is 17.3. The Bertz CT molecular complexity index is 1300. The van der Waals surface area contributed by atoms with Gasteiger partial charge in [-0.2, -0.15) is 0 Å². The summed E-state index contributed by atoms with van der Waals surface area (Å²) in [6.07, 6.45) is 0. The largest absolute Gasteiger partial charge is 0.350 e. The lowest BCUT2D eigenvalue weighted by Gasteiger charge is -2.16. The van der Waals surface area contributed by atoms with E-state index >= 15 is 0 Å². The van der Waals surface area contributed by atoms with Gasteiger partial charge in [-0.1, -0.05) is 61.3 Å². The van der Waals surface area contributed by atoms with Gasteiger partial charge in [0, 0.05) is 5.69 Å². The highest BCUT2D eigenvalue weighted by atomic mass is 35.5. The monoisotopic (exact) mass is 462 g/mol. The van der Waals surface area contributed by atoms with Gasteiger partial charge < -0.3 is 5.32 Å². The Kier molecular flexibility index (Phi) is 6.09. The molecule has 0 saturated carbocycles. The highest BCUT2D eigenvalue weighted by Crippen LogP contribution is 2.36. The van der Waals surface area contributed by atoms with Crippen LogP contribution in [0.25, 0.3) is 5.57 Å². The summed E-state index contributed by atoms with van der Waals surface area (Å²) in [4.78, 5) is 28.1. The van der Waals surface area contributed by atoms with E-state index in [4.69, 9.17) is 11.6 Å². The summed E-state index contributed by atoms with van der Waals surface area (Å²) in [5, 5.41) is 3.00. The van der Waals surface area contributed by atoms with Gasteiger partial charge >= 0.3 is 0 Å². The van der Waals surface area contributed by atoms with E-state index in [1.54, 1.807) is 0 Å². The number of rotatable bonds is 5. The van der Waals surface area contributed by atoms with Crippen molar-refractivity contribution < 1.29 is 14.0 Å². The van der Waals surface area contributed by atoms with Crippen LogP contribution in [-0.4, -0.2) is 11.8 Å². The molecule has 3 aromatic carbocycles. The zero-order valence-corrected chi connectivity index (χ0v) is 19.6. The Labute approximate surface area is 197 Å². The third-order valence-corrected chi connectivity index (χ3v) is 6.03. The SMILES string of the molecule is Cc1ccc(C2=C(Nc3ccc(C(C)C)cc3)C(=O)N(c3ccc(F)c(Cl)c3)C2=O)c(C)c1. The van der Waals surface area contributed by atoms with Crippen LogP contribution in [0.15, 0.2) is 66.4 Å². The number of nitrogens with one attached hydrogen (secondary N) is 1. The molecule has 2 amide bonds. The number of carbonyl (C=O) groups is 2. The average Bonchev–Trinajstić information content (AvgIpc) is 3.00. The molecule has 0 atom stereocenters. The van der Waals surface area contributed by atoms with Crippen molar-refractivity contribution in [3.8, 4) is 0 Å². The number of anilines is 2. The van der Waals surface area contributed by atoms with E-state index in [1.165, 1.54) is 17.7 Å². The first-order chi connectivity index (χ1) is 15.7. The predicted octanol–water partition coefficient (Wildman–Crippen LogP) is 6.62. The first kappa shape index (κ1) is 22.7. The van der Waals surface area contributed by atoms with Crippen LogP contribution in [0.4, 0.5) is 15.8 Å². The van der Waals surface area contributed by atoms with E-state index in [0.717, 1.165) is 22.1 Å². The van der Waals surface area contributed by atoms with Crippen LogP contribution in [0.5, 0.6) is 0 Å². The van der Waals surface area contributed by atoms with Gasteiger partial charge in [0.15, 0.2) is 0 Å². The maximum absolute atomic E-state index is 13.7. The van der Waals surface area contributed by atoms with Crippen LogP contribution in [-0.2, 0) is 9.59 Å². The van der Waals surface area contributed by atoms with Gasteiger partial charge in [0.05, 0.1) is 16.3 Å². The zero-order valence-electron chi connectivity index (χ0n) is 18.9. The summed E-state index contributed by atoms with van der Waals surface area (Å²) in [5.74, 6) is -1.26. The highest BCUT2D eigenvalue weighted by Gasteiger charge is 2.41. The molecule has 3 aromatic rings. The second-order valence-electron chi connectivity index (χ2n) is 8.51. The third-order valence-electron chi connectivity index (χ3n) is 5.74.